The predicted octanol–water partition coefficient (Wildman–Crippen LogP) is 7.04. The molecule has 1 saturated heterocycles. The summed E-state index contributed by atoms with van der Waals surface area (Å²) < 4.78 is 24.9. The molecule has 10 heteroatoms. The van der Waals surface area contributed by atoms with Gasteiger partial charge in [0.05, 0.1) is 11.7 Å². The van der Waals surface area contributed by atoms with Gasteiger partial charge in [-0.05, 0) is 63.4 Å². The second kappa shape index (κ2) is 11.0. The molecule has 1 unspecified atom stereocenters. The van der Waals surface area contributed by atoms with Crippen LogP contribution >= 0.6 is 0 Å². The van der Waals surface area contributed by atoms with E-state index in [0.717, 1.165) is 17.8 Å². The van der Waals surface area contributed by atoms with Gasteiger partial charge in [-0.1, -0.05) is 83.5 Å². The fourth-order valence-electron chi connectivity index (χ4n) is 8.37. The summed E-state index contributed by atoms with van der Waals surface area (Å²) >= 11 is 0. The number of benzene rings is 1. The number of imidazole rings is 1. The highest BCUT2D eigenvalue weighted by molar-refractivity contribution is 6.90. The Morgan fingerprint density at radius 2 is 1.74 bits per heavy atom. The molecule has 2 aromatic rings. The molecule has 0 spiro atoms. The van der Waals surface area contributed by atoms with Gasteiger partial charge in [0.2, 0.25) is 0 Å². The van der Waals surface area contributed by atoms with Gasteiger partial charge in [-0.25, -0.2) is 9.78 Å². The fraction of sp³-hybridized carbons (Fsp3) is 0.697. The molecule has 1 aromatic heterocycles. The first-order valence-electron chi connectivity index (χ1n) is 16.1. The number of nitrogens with zero attached hydrogens (tertiary/aromatic N) is 3. The molecule has 0 N–H and O–H groups in total. The first-order valence-corrected chi connectivity index (χ1v) is 23.0. The number of hydrogen-bond acceptors (Lipinski definition) is 6. The van der Waals surface area contributed by atoms with Crippen LogP contribution in [-0.2, 0) is 27.0 Å². The van der Waals surface area contributed by atoms with Crippen molar-refractivity contribution in [2.24, 2.45) is 17.3 Å². The molecule has 1 aliphatic heterocycles. The van der Waals surface area contributed by atoms with E-state index in [9.17, 15) is 4.79 Å². The first-order chi connectivity index (χ1) is 19.7. The molecule has 43 heavy (non-hydrogen) atoms. The number of ether oxygens (including phenoxy) is 1. The summed E-state index contributed by atoms with van der Waals surface area (Å²) in [6, 6.07) is 10.4. The molecule has 5 atom stereocenters. The van der Waals surface area contributed by atoms with Crippen molar-refractivity contribution in [1.82, 2.24) is 13.8 Å². The maximum absolute atomic E-state index is 13.2. The molecule has 3 aliphatic carbocycles. The van der Waals surface area contributed by atoms with Gasteiger partial charge in [0.1, 0.15) is 27.9 Å². The Hall–Kier alpha value is -1.72. The van der Waals surface area contributed by atoms with Crippen molar-refractivity contribution >= 4 is 29.6 Å². The molecule has 2 bridgehead atoms. The molecule has 0 amide bonds. The smallest absolute Gasteiger partial charge is 0.455 e. The van der Waals surface area contributed by atoms with Gasteiger partial charge < -0.3 is 22.8 Å². The standard InChI is InChI=1S/C33H54BN3O4Si2/c1-31(2,3)39-30(38)26-22-36(21-23-16-14-13-15-17-23)28(35-26)19-27(37(42(7,8)9)43(10,11)12)34-40-29-25-18-24(32(25,4)5)20-33(29,6)41-34/h13-17,22,24-25,27,29H,18-21H2,1-12H3/t24-,25+,27+,29?,33+/m1/s1. The highest BCUT2D eigenvalue weighted by Crippen LogP contribution is 2.65. The highest BCUT2D eigenvalue weighted by Gasteiger charge is 2.68. The minimum atomic E-state index is -1.85. The Morgan fingerprint density at radius 3 is 2.30 bits per heavy atom. The second-order valence-corrected chi connectivity index (χ2v) is 27.2. The average Bonchev–Trinajstić information content (AvgIpc) is 3.41. The van der Waals surface area contributed by atoms with E-state index in [2.05, 4.69) is 93.1 Å². The van der Waals surface area contributed by atoms with Crippen molar-refractivity contribution in [1.29, 1.82) is 0 Å². The normalized spacial score (nSPS) is 27.6. The van der Waals surface area contributed by atoms with Gasteiger partial charge in [-0.15, -0.1) is 0 Å². The van der Waals surface area contributed by atoms with Gasteiger partial charge >= 0.3 is 13.1 Å². The lowest BCUT2D eigenvalue weighted by atomic mass is 9.45. The predicted molar refractivity (Wildman–Crippen MR) is 179 cm³/mol. The topological polar surface area (TPSA) is 65.8 Å². The summed E-state index contributed by atoms with van der Waals surface area (Å²) in [7, 11) is -4.04. The van der Waals surface area contributed by atoms with Crippen LogP contribution in [0.15, 0.2) is 36.5 Å². The largest absolute Gasteiger partial charge is 0.475 e. The Balaban J connectivity index is 1.55. The molecule has 2 heterocycles. The van der Waals surface area contributed by atoms with Crippen LogP contribution in [0.2, 0.25) is 39.3 Å². The van der Waals surface area contributed by atoms with E-state index in [0.29, 0.717) is 35.9 Å². The SMILES string of the molecule is CC(C)(C)OC(=O)c1cn(Cc2ccccc2)c(C[C@@H](B2OC3[C@@H]4C[C@H](C[C@]3(C)O2)C4(C)C)N([Si](C)(C)C)[Si](C)(C)C)n1. The van der Waals surface area contributed by atoms with Gasteiger partial charge in [0.15, 0.2) is 5.69 Å². The van der Waals surface area contributed by atoms with Gasteiger partial charge in [-0.2, -0.15) is 0 Å². The molecule has 236 valence electrons. The quantitative estimate of drug-likeness (QED) is 0.221. The van der Waals surface area contributed by atoms with Crippen molar-refractivity contribution in [3.63, 3.8) is 0 Å². The van der Waals surface area contributed by atoms with Crippen LogP contribution in [-0.4, -0.2) is 66.6 Å². The third-order valence-corrected chi connectivity index (χ3v) is 17.6. The van der Waals surface area contributed by atoms with Crippen molar-refractivity contribution in [2.75, 3.05) is 0 Å². The zero-order valence-corrected chi connectivity index (χ0v) is 30.7. The number of rotatable bonds is 9. The molecular formula is C33H54BN3O4Si2. The summed E-state index contributed by atoms with van der Waals surface area (Å²) in [5, 5.41) is 0. The molecule has 6 rings (SSSR count). The molecule has 0 radical (unpaired) electrons. The third kappa shape index (κ3) is 6.50. The fourth-order valence-corrected chi connectivity index (χ4v) is 18.8. The minimum absolute atomic E-state index is 0.00974. The molecular weight excluding hydrogens is 569 g/mol. The molecule has 4 aliphatic rings. The molecule has 3 saturated carbocycles. The van der Waals surface area contributed by atoms with E-state index in [1.165, 1.54) is 6.42 Å². The van der Waals surface area contributed by atoms with Gasteiger partial charge in [0, 0.05) is 25.1 Å². The first kappa shape index (κ1) is 32.7. The van der Waals surface area contributed by atoms with Crippen LogP contribution in [0.1, 0.15) is 76.3 Å². The summed E-state index contributed by atoms with van der Waals surface area (Å²) in [4.78, 5) is 18.2. The third-order valence-electron chi connectivity index (χ3n) is 9.98. The van der Waals surface area contributed by atoms with Crippen LogP contribution in [0.4, 0.5) is 0 Å². The number of carbonyl (C=O) groups is 1. The van der Waals surface area contributed by atoms with E-state index in [1.807, 2.05) is 33.0 Å². The van der Waals surface area contributed by atoms with E-state index in [4.69, 9.17) is 19.0 Å². The molecule has 1 aromatic carbocycles. The monoisotopic (exact) mass is 623 g/mol. The summed E-state index contributed by atoms with van der Waals surface area (Å²) in [6.07, 6.45) is 4.90. The Kier molecular flexibility index (Phi) is 8.33. The average molecular weight is 624 g/mol. The number of hydrogen-bond donors (Lipinski definition) is 0. The maximum Gasteiger partial charge on any atom is 0.475 e. The highest BCUT2D eigenvalue weighted by atomic mass is 28.4. The molecule has 4 fully saturated rings. The summed E-state index contributed by atoms with van der Waals surface area (Å²) in [5.41, 5.74) is 0.945. The van der Waals surface area contributed by atoms with Crippen molar-refractivity contribution in [3.05, 3.63) is 53.6 Å². The van der Waals surface area contributed by atoms with Gasteiger partial charge in [0.25, 0.3) is 0 Å². The Labute approximate surface area is 262 Å². The number of carbonyl (C=O) groups excluding carboxylic acids is 1. The van der Waals surface area contributed by atoms with Crippen molar-refractivity contribution in [2.45, 2.75) is 130 Å². The lowest BCUT2D eigenvalue weighted by molar-refractivity contribution is -0.185. The lowest BCUT2D eigenvalue weighted by Gasteiger charge is -2.63. The van der Waals surface area contributed by atoms with Crippen molar-refractivity contribution < 1.29 is 18.8 Å². The van der Waals surface area contributed by atoms with E-state index in [-0.39, 0.29) is 24.8 Å². The van der Waals surface area contributed by atoms with Crippen LogP contribution in [0.5, 0.6) is 0 Å². The zero-order chi connectivity index (χ0) is 31.8. The lowest BCUT2D eigenvalue weighted by Crippen LogP contribution is -2.68. The minimum Gasteiger partial charge on any atom is -0.455 e. The Bertz CT molecular complexity index is 1320. The van der Waals surface area contributed by atoms with E-state index in [1.54, 1.807) is 0 Å². The van der Waals surface area contributed by atoms with Crippen LogP contribution in [0, 0.1) is 17.3 Å². The maximum atomic E-state index is 13.2. The number of esters is 1. The molecule has 7 nitrogen and oxygen atoms in total. The van der Waals surface area contributed by atoms with E-state index >= 15 is 0 Å². The van der Waals surface area contributed by atoms with Crippen LogP contribution < -0.4 is 0 Å². The van der Waals surface area contributed by atoms with Crippen LogP contribution in [0.3, 0.4) is 0 Å². The summed E-state index contributed by atoms with van der Waals surface area (Å²) in [5.74, 6) is 1.68. The second-order valence-electron chi connectivity index (χ2n) is 17.1. The summed E-state index contributed by atoms with van der Waals surface area (Å²) in [6.45, 7) is 28.0. The van der Waals surface area contributed by atoms with E-state index < -0.39 is 28.0 Å². The van der Waals surface area contributed by atoms with Gasteiger partial charge in [-0.3, -0.25) is 0 Å². The van der Waals surface area contributed by atoms with Crippen LogP contribution in [0.25, 0.3) is 0 Å². The Morgan fingerprint density at radius 1 is 1.12 bits per heavy atom. The number of aromatic nitrogens is 2. The zero-order valence-electron chi connectivity index (χ0n) is 28.7. The van der Waals surface area contributed by atoms with Crippen molar-refractivity contribution in [3.8, 4) is 0 Å².